The van der Waals surface area contributed by atoms with E-state index in [-0.39, 0.29) is 6.03 Å². The maximum absolute atomic E-state index is 11.7. The highest BCUT2D eigenvalue weighted by atomic mass is 16.2. The summed E-state index contributed by atoms with van der Waals surface area (Å²) >= 11 is 0. The Morgan fingerprint density at radius 2 is 2.42 bits per heavy atom. The van der Waals surface area contributed by atoms with Crippen LogP contribution in [0.1, 0.15) is 33.1 Å². The normalized spacial score (nSPS) is 23.5. The molecule has 0 spiro atoms. The number of rotatable bonds is 4. The van der Waals surface area contributed by atoms with E-state index in [0.29, 0.717) is 12.6 Å². The van der Waals surface area contributed by atoms with Gasteiger partial charge in [-0.25, -0.2) is 9.78 Å². The first-order chi connectivity index (χ1) is 9.16. The highest BCUT2D eigenvalue weighted by Crippen LogP contribution is 2.24. The molecule has 1 saturated heterocycles. The third-order valence-electron chi connectivity index (χ3n) is 3.99. The van der Waals surface area contributed by atoms with Crippen molar-refractivity contribution in [2.24, 2.45) is 11.8 Å². The molecule has 0 bridgehead atoms. The van der Waals surface area contributed by atoms with Gasteiger partial charge >= 0.3 is 6.03 Å². The lowest BCUT2D eigenvalue weighted by Gasteiger charge is -2.32. The van der Waals surface area contributed by atoms with Gasteiger partial charge in [-0.3, -0.25) is 4.57 Å². The van der Waals surface area contributed by atoms with Crippen LogP contribution in [0.3, 0.4) is 0 Å². The second-order valence-corrected chi connectivity index (χ2v) is 5.67. The summed E-state index contributed by atoms with van der Waals surface area (Å²) in [6.07, 6.45) is 8.26. The van der Waals surface area contributed by atoms with Gasteiger partial charge in [0.15, 0.2) is 0 Å². The van der Waals surface area contributed by atoms with Crippen molar-refractivity contribution in [3.8, 4) is 0 Å². The standard InChI is InChI=1S/C14H24N4O/c1-11(2)12-3-5-16-13(9-12)4-6-17-14(19)18-8-7-15-10-18/h7-8,10-13,16H,3-6,9H2,1-2H3,(H,17,19). The SMILES string of the molecule is CC(C)C1CCNC(CCNC(=O)n2ccnc2)C1. The molecule has 5 nitrogen and oxygen atoms in total. The van der Waals surface area contributed by atoms with Crippen molar-refractivity contribution in [2.45, 2.75) is 39.2 Å². The third-order valence-corrected chi connectivity index (χ3v) is 3.99. The molecule has 0 radical (unpaired) electrons. The van der Waals surface area contributed by atoms with E-state index >= 15 is 0 Å². The molecule has 1 aliphatic heterocycles. The second kappa shape index (κ2) is 6.70. The number of aromatic nitrogens is 2. The maximum atomic E-state index is 11.7. The first kappa shape index (κ1) is 14.1. The van der Waals surface area contributed by atoms with E-state index in [1.54, 1.807) is 12.4 Å². The van der Waals surface area contributed by atoms with Gasteiger partial charge in [0.1, 0.15) is 6.33 Å². The number of piperidine rings is 1. The summed E-state index contributed by atoms with van der Waals surface area (Å²) < 4.78 is 1.46. The van der Waals surface area contributed by atoms with Gasteiger partial charge in [0, 0.05) is 25.0 Å². The predicted molar refractivity (Wildman–Crippen MR) is 75.0 cm³/mol. The summed E-state index contributed by atoms with van der Waals surface area (Å²) in [5, 5.41) is 6.46. The van der Waals surface area contributed by atoms with E-state index < -0.39 is 0 Å². The number of imidazole rings is 1. The summed E-state index contributed by atoms with van der Waals surface area (Å²) in [5.41, 5.74) is 0. The predicted octanol–water partition coefficient (Wildman–Crippen LogP) is 1.86. The quantitative estimate of drug-likeness (QED) is 0.872. The van der Waals surface area contributed by atoms with Crippen molar-refractivity contribution in [1.29, 1.82) is 0 Å². The number of carbonyl (C=O) groups excluding carboxylic acids is 1. The van der Waals surface area contributed by atoms with Crippen molar-refractivity contribution in [2.75, 3.05) is 13.1 Å². The molecule has 1 fully saturated rings. The van der Waals surface area contributed by atoms with Crippen LogP contribution in [-0.4, -0.2) is 34.7 Å². The molecule has 0 aliphatic carbocycles. The monoisotopic (exact) mass is 264 g/mol. The van der Waals surface area contributed by atoms with E-state index in [1.807, 2.05) is 0 Å². The minimum atomic E-state index is -0.103. The van der Waals surface area contributed by atoms with Crippen molar-refractivity contribution in [1.82, 2.24) is 20.2 Å². The molecule has 1 amide bonds. The fraction of sp³-hybridized carbons (Fsp3) is 0.714. The van der Waals surface area contributed by atoms with Crippen LogP contribution in [0, 0.1) is 11.8 Å². The minimum absolute atomic E-state index is 0.103. The molecule has 0 saturated carbocycles. The number of hydrogen-bond acceptors (Lipinski definition) is 3. The largest absolute Gasteiger partial charge is 0.337 e. The van der Waals surface area contributed by atoms with Gasteiger partial charge in [0.25, 0.3) is 0 Å². The molecule has 2 heterocycles. The van der Waals surface area contributed by atoms with E-state index in [4.69, 9.17) is 0 Å². The second-order valence-electron chi connectivity index (χ2n) is 5.67. The van der Waals surface area contributed by atoms with Gasteiger partial charge in [-0.15, -0.1) is 0 Å². The van der Waals surface area contributed by atoms with Crippen LogP contribution >= 0.6 is 0 Å². The number of carbonyl (C=O) groups is 1. The zero-order valence-electron chi connectivity index (χ0n) is 11.8. The molecular weight excluding hydrogens is 240 g/mol. The third kappa shape index (κ3) is 4.06. The average Bonchev–Trinajstić information content (AvgIpc) is 2.93. The van der Waals surface area contributed by atoms with Gasteiger partial charge in [0.2, 0.25) is 0 Å². The van der Waals surface area contributed by atoms with Gasteiger partial charge < -0.3 is 10.6 Å². The summed E-state index contributed by atoms with van der Waals surface area (Å²) in [6.45, 7) is 6.41. The van der Waals surface area contributed by atoms with Crippen LogP contribution in [0.5, 0.6) is 0 Å². The Kier molecular flexibility index (Phi) is 4.96. The lowest BCUT2D eigenvalue weighted by atomic mass is 9.83. The van der Waals surface area contributed by atoms with Crippen LogP contribution < -0.4 is 10.6 Å². The molecule has 19 heavy (non-hydrogen) atoms. The van der Waals surface area contributed by atoms with E-state index in [0.717, 1.165) is 24.8 Å². The van der Waals surface area contributed by atoms with E-state index in [2.05, 4.69) is 29.5 Å². The van der Waals surface area contributed by atoms with Crippen molar-refractivity contribution in [3.05, 3.63) is 18.7 Å². The maximum Gasteiger partial charge on any atom is 0.326 e. The fourth-order valence-corrected chi connectivity index (χ4v) is 2.69. The highest BCUT2D eigenvalue weighted by Gasteiger charge is 2.23. The zero-order chi connectivity index (χ0) is 13.7. The van der Waals surface area contributed by atoms with Crippen molar-refractivity contribution >= 4 is 6.03 Å². The van der Waals surface area contributed by atoms with Crippen LogP contribution in [0.2, 0.25) is 0 Å². The van der Waals surface area contributed by atoms with Crippen molar-refractivity contribution in [3.63, 3.8) is 0 Å². The molecule has 1 aliphatic rings. The Bertz CT molecular complexity index is 388. The lowest BCUT2D eigenvalue weighted by Crippen LogP contribution is -2.42. The van der Waals surface area contributed by atoms with Crippen LogP contribution in [0.15, 0.2) is 18.7 Å². The Balaban J connectivity index is 1.69. The first-order valence-electron chi connectivity index (χ1n) is 7.16. The summed E-state index contributed by atoms with van der Waals surface area (Å²) in [7, 11) is 0. The Hall–Kier alpha value is -1.36. The zero-order valence-corrected chi connectivity index (χ0v) is 11.8. The molecule has 2 unspecified atom stereocenters. The van der Waals surface area contributed by atoms with Gasteiger partial charge in [-0.1, -0.05) is 13.8 Å². The topological polar surface area (TPSA) is 58.9 Å². The minimum Gasteiger partial charge on any atom is -0.337 e. The first-order valence-corrected chi connectivity index (χ1v) is 7.16. The summed E-state index contributed by atoms with van der Waals surface area (Å²) in [5.74, 6) is 1.57. The smallest absolute Gasteiger partial charge is 0.326 e. The Labute approximate surface area is 114 Å². The number of hydrogen-bond donors (Lipinski definition) is 2. The average molecular weight is 264 g/mol. The number of nitrogens with one attached hydrogen (secondary N) is 2. The molecule has 1 aromatic heterocycles. The molecule has 1 aromatic rings. The molecule has 106 valence electrons. The molecule has 2 atom stereocenters. The Morgan fingerprint density at radius 3 is 3.11 bits per heavy atom. The van der Waals surface area contributed by atoms with Crippen LogP contribution in [0.25, 0.3) is 0 Å². The highest BCUT2D eigenvalue weighted by molar-refractivity contribution is 5.76. The summed E-state index contributed by atoms with van der Waals surface area (Å²) in [6, 6.07) is 0.429. The number of amides is 1. The van der Waals surface area contributed by atoms with Gasteiger partial charge in [0.05, 0.1) is 0 Å². The van der Waals surface area contributed by atoms with E-state index in [1.165, 1.54) is 23.7 Å². The molecule has 2 rings (SSSR count). The molecule has 0 aromatic carbocycles. The van der Waals surface area contributed by atoms with Gasteiger partial charge in [-0.05, 0) is 37.6 Å². The van der Waals surface area contributed by atoms with E-state index in [9.17, 15) is 4.79 Å². The molecular formula is C14H24N4O. The van der Waals surface area contributed by atoms with Crippen LogP contribution in [0.4, 0.5) is 4.79 Å². The van der Waals surface area contributed by atoms with Gasteiger partial charge in [-0.2, -0.15) is 0 Å². The van der Waals surface area contributed by atoms with Crippen LogP contribution in [-0.2, 0) is 0 Å². The number of nitrogens with zero attached hydrogens (tertiary/aromatic N) is 2. The summed E-state index contributed by atoms with van der Waals surface area (Å²) in [4.78, 5) is 15.6. The Morgan fingerprint density at radius 1 is 1.58 bits per heavy atom. The fourth-order valence-electron chi connectivity index (χ4n) is 2.69. The molecule has 5 heteroatoms. The molecule has 2 N–H and O–H groups in total. The lowest BCUT2D eigenvalue weighted by molar-refractivity contribution is 0.229. The van der Waals surface area contributed by atoms with Crippen molar-refractivity contribution < 1.29 is 4.79 Å².